The number of esters is 1. The molecule has 0 saturated carbocycles. The van der Waals surface area contributed by atoms with Crippen molar-refractivity contribution in [3.63, 3.8) is 0 Å². The Kier molecular flexibility index (Phi) is 2.51. The summed E-state index contributed by atoms with van der Waals surface area (Å²) in [6.07, 6.45) is 3.43. The van der Waals surface area contributed by atoms with E-state index in [1.165, 1.54) is 22.3 Å². The van der Waals surface area contributed by atoms with Gasteiger partial charge in [0.15, 0.2) is 0 Å². The first-order valence-corrected chi connectivity index (χ1v) is 8.23. The summed E-state index contributed by atoms with van der Waals surface area (Å²) in [6.45, 7) is 5.66. The van der Waals surface area contributed by atoms with Crippen LogP contribution in [0.4, 0.5) is 11.4 Å². The number of benzene rings is 2. The summed E-state index contributed by atoms with van der Waals surface area (Å²) >= 11 is 0. The Bertz CT molecular complexity index is 856. The highest BCUT2D eigenvalue weighted by molar-refractivity contribution is 5.88. The normalized spacial score (nSPS) is 19.3. The van der Waals surface area contributed by atoms with Crippen LogP contribution in [-0.4, -0.2) is 11.8 Å². The van der Waals surface area contributed by atoms with Crippen LogP contribution in [0.5, 0.6) is 0 Å². The van der Waals surface area contributed by atoms with Crippen LogP contribution < -0.4 is 9.80 Å². The summed E-state index contributed by atoms with van der Waals surface area (Å²) in [5.74, 6) is -1.11. The molecule has 0 amide bonds. The fraction of sp³-hybridized carbons (Fsp3) is 0.250. The van der Waals surface area contributed by atoms with Gasteiger partial charge in [-0.3, -0.25) is 0 Å². The number of aryl methyl sites for hydroxylation is 2. The van der Waals surface area contributed by atoms with Gasteiger partial charge in [-0.25, -0.2) is 4.79 Å². The third kappa shape index (κ3) is 1.65. The maximum Gasteiger partial charge on any atom is 0.334 e. The van der Waals surface area contributed by atoms with Gasteiger partial charge in [0.05, 0.1) is 13.1 Å². The Labute approximate surface area is 140 Å². The summed E-state index contributed by atoms with van der Waals surface area (Å²) in [5, 5.41) is 0. The zero-order valence-electron chi connectivity index (χ0n) is 13.7. The molecule has 3 aliphatic rings. The number of rotatable bonds is 0. The van der Waals surface area contributed by atoms with E-state index in [0.29, 0.717) is 0 Å². The lowest BCUT2D eigenvalue weighted by Gasteiger charge is -2.55. The van der Waals surface area contributed by atoms with Gasteiger partial charge in [-0.2, -0.15) is 0 Å². The lowest BCUT2D eigenvalue weighted by molar-refractivity contribution is -0.146. The molecule has 4 heteroatoms. The summed E-state index contributed by atoms with van der Waals surface area (Å²) in [6, 6.07) is 13.0. The lowest BCUT2D eigenvalue weighted by atomic mass is 9.95. The molecule has 3 aliphatic heterocycles. The van der Waals surface area contributed by atoms with Gasteiger partial charge in [-0.1, -0.05) is 35.4 Å². The van der Waals surface area contributed by atoms with Crippen molar-refractivity contribution in [2.24, 2.45) is 0 Å². The van der Waals surface area contributed by atoms with E-state index in [9.17, 15) is 4.79 Å². The second-order valence-electron chi connectivity index (χ2n) is 6.85. The quantitative estimate of drug-likeness (QED) is 0.697. The molecule has 5 rings (SSSR count). The average molecular weight is 318 g/mol. The van der Waals surface area contributed by atoms with Crippen LogP contribution in [0.15, 0.2) is 48.6 Å². The highest BCUT2D eigenvalue weighted by Gasteiger charge is 2.53. The van der Waals surface area contributed by atoms with E-state index in [0.717, 1.165) is 24.5 Å². The fourth-order valence-electron chi connectivity index (χ4n) is 4.12. The minimum Gasteiger partial charge on any atom is -0.412 e. The predicted octanol–water partition coefficient (Wildman–Crippen LogP) is 3.41. The lowest BCUT2D eigenvalue weighted by Crippen LogP contribution is -2.65. The maximum absolute atomic E-state index is 11.9. The predicted molar refractivity (Wildman–Crippen MR) is 92.7 cm³/mol. The topological polar surface area (TPSA) is 32.8 Å². The van der Waals surface area contributed by atoms with Gasteiger partial charge >= 0.3 is 5.97 Å². The van der Waals surface area contributed by atoms with Crippen LogP contribution >= 0.6 is 0 Å². The van der Waals surface area contributed by atoms with E-state index in [2.05, 4.69) is 60.0 Å². The van der Waals surface area contributed by atoms with Crippen molar-refractivity contribution in [3.8, 4) is 0 Å². The molecule has 3 heterocycles. The molecule has 0 unspecified atom stereocenters. The van der Waals surface area contributed by atoms with Crippen molar-refractivity contribution in [2.75, 3.05) is 9.80 Å². The molecular formula is C20H18N2O2. The van der Waals surface area contributed by atoms with Gasteiger partial charge in [0, 0.05) is 23.5 Å². The Hall–Kier alpha value is -2.75. The number of nitrogens with zero attached hydrogens (tertiary/aromatic N) is 2. The molecule has 0 saturated heterocycles. The average Bonchev–Trinajstić information content (AvgIpc) is 2.91. The SMILES string of the molecule is Cc1ccc2c(c1)CN1c3ccc(C)cc3CN2C12C=CC(=O)O2. The molecule has 1 spiro atoms. The van der Waals surface area contributed by atoms with Crippen LogP contribution in [-0.2, 0) is 22.6 Å². The zero-order valence-corrected chi connectivity index (χ0v) is 13.7. The fourth-order valence-corrected chi connectivity index (χ4v) is 4.12. The van der Waals surface area contributed by atoms with Crippen LogP contribution in [0, 0.1) is 13.8 Å². The molecule has 24 heavy (non-hydrogen) atoms. The van der Waals surface area contributed by atoms with E-state index in [1.807, 2.05) is 6.08 Å². The standard InChI is InChI=1S/C20H18N2O2/c1-13-3-5-17-15(9-13)11-21-18-6-4-14(2)10-16(18)12-22(17)20(21)8-7-19(23)24-20/h3-10H,11-12H2,1-2H3. The van der Waals surface area contributed by atoms with Crippen molar-refractivity contribution in [2.45, 2.75) is 32.8 Å². The van der Waals surface area contributed by atoms with Crippen LogP contribution in [0.2, 0.25) is 0 Å². The second kappa shape index (κ2) is 4.41. The smallest absolute Gasteiger partial charge is 0.334 e. The Morgan fingerprint density at radius 2 is 1.46 bits per heavy atom. The van der Waals surface area contributed by atoms with Gasteiger partial charge in [-0.05, 0) is 37.1 Å². The molecule has 0 atom stereocenters. The van der Waals surface area contributed by atoms with E-state index < -0.39 is 5.85 Å². The van der Waals surface area contributed by atoms with Crippen molar-refractivity contribution >= 4 is 17.3 Å². The molecule has 4 nitrogen and oxygen atoms in total. The molecule has 0 aliphatic carbocycles. The Morgan fingerprint density at radius 1 is 0.917 bits per heavy atom. The van der Waals surface area contributed by atoms with Crippen LogP contribution in [0.3, 0.4) is 0 Å². The molecule has 2 bridgehead atoms. The van der Waals surface area contributed by atoms with Crippen LogP contribution in [0.25, 0.3) is 0 Å². The first kappa shape index (κ1) is 13.7. The number of carbonyl (C=O) groups is 1. The maximum atomic E-state index is 11.9. The van der Waals surface area contributed by atoms with Crippen LogP contribution in [0.1, 0.15) is 22.3 Å². The van der Waals surface area contributed by atoms with Gasteiger partial charge in [0.25, 0.3) is 5.85 Å². The summed E-state index contributed by atoms with van der Waals surface area (Å²) in [5.41, 5.74) is 7.31. The summed E-state index contributed by atoms with van der Waals surface area (Å²) < 4.78 is 5.83. The molecule has 0 aromatic heterocycles. The van der Waals surface area contributed by atoms with Crippen molar-refractivity contribution in [1.29, 1.82) is 0 Å². The van der Waals surface area contributed by atoms with Crippen molar-refractivity contribution in [1.82, 2.24) is 0 Å². The monoisotopic (exact) mass is 318 g/mol. The largest absolute Gasteiger partial charge is 0.412 e. The number of anilines is 2. The minimum absolute atomic E-state index is 0.281. The first-order valence-electron chi connectivity index (χ1n) is 8.23. The molecule has 0 radical (unpaired) electrons. The van der Waals surface area contributed by atoms with Gasteiger partial charge < -0.3 is 14.5 Å². The van der Waals surface area contributed by atoms with Gasteiger partial charge in [-0.15, -0.1) is 0 Å². The van der Waals surface area contributed by atoms with Gasteiger partial charge in [0.1, 0.15) is 0 Å². The molecule has 0 N–H and O–H groups in total. The Balaban J connectivity index is 1.76. The molecule has 2 aromatic carbocycles. The highest BCUT2D eigenvalue weighted by Crippen LogP contribution is 2.49. The number of carbonyl (C=O) groups excluding carboxylic acids is 1. The zero-order chi connectivity index (χ0) is 16.5. The molecule has 2 aromatic rings. The molecule has 120 valence electrons. The van der Waals surface area contributed by atoms with Crippen molar-refractivity contribution in [3.05, 3.63) is 70.8 Å². The highest BCUT2D eigenvalue weighted by atomic mass is 16.6. The van der Waals surface area contributed by atoms with E-state index in [-0.39, 0.29) is 5.97 Å². The van der Waals surface area contributed by atoms with Crippen molar-refractivity contribution < 1.29 is 9.53 Å². The third-order valence-electron chi connectivity index (χ3n) is 5.17. The van der Waals surface area contributed by atoms with Gasteiger partial charge in [0.2, 0.25) is 0 Å². The number of hydrogen-bond donors (Lipinski definition) is 0. The Morgan fingerprint density at radius 3 is 1.92 bits per heavy atom. The molecular weight excluding hydrogens is 300 g/mol. The summed E-state index contributed by atoms with van der Waals surface area (Å²) in [4.78, 5) is 16.3. The third-order valence-corrected chi connectivity index (χ3v) is 5.17. The molecule has 0 fully saturated rings. The first-order chi connectivity index (χ1) is 11.6. The van der Waals surface area contributed by atoms with E-state index in [4.69, 9.17) is 4.74 Å². The minimum atomic E-state index is -0.832. The second-order valence-corrected chi connectivity index (χ2v) is 6.85. The summed E-state index contributed by atoms with van der Waals surface area (Å²) in [7, 11) is 0. The number of ether oxygens (including phenoxy) is 1. The van der Waals surface area contributed by atoms with E-state index >= 15 is 0 Å². The number of hydrogen-bond acceptors (Lipinski definition) is 4. The number of fused-ring (bicyclic) bond motifs is 4. The van der Waals surface area contributed by atoms with E-state index in [1.54, 1.807) is 6.08 Å².